The summed E-state index contributed by atoms with van der Waals surface area (Å²) in [6.45, 7) is 7.26. The number of carbonyl (C=O) groups is 3. The van der Waals surface area contributed by atoms with E-state index < -0.39 is 23.3 Å². The van der Waals surface area contributed by atoms with Crippen LogP contribution in [0.15, 0.2) is 60.7 Å². The van der Waals surface area contributed by atoms with Crippen LogP contribution in [0.2, 0.25) is 0 Å². The number of amides is 3. The standard InChI is InChI=1S/C32H42N4O3/c1-22(2)19-26(32(31(33)39)16-7-8-17-32)29(37)35-28-15-6-9-18-36(30(28)38)21-24-12-10-13-25(20-24)34-27-14-5-4-11-23(27)3/h4-5,7-8,10-14,20,22,26,28,34H,6,9,15-19,21H2,1-3H3,(H2,33,39)(H,35,37)/t26-,28-/m0/s1. The average molecular weight is 531 g/mol. The van der Waals surface area contributed by atoms with Gasteiger partial charge in [0.2, 0.25) is 17.7 Å². The van der Waals surface area contributed by atoms with Gasteiger partial charge in [0.1, 0.15) is 6.04 Å². The van der Waals surface area contributed by atoms with Crippen LogP contribution in [-0.2, 0) is 20.9 Å². The molecule has 1 fully saturated rings. The molecule has 39 heavy (non-hydrogen) atoms. The minimum Gasteiger partial charge on any atom is -0.369 e. The Hall–Kier alpha value is -3.61. The highest BCUT2D eigenvalue weighted by molar-refractivity contribution is 5.93. The summed E-state index contributed by atoms with van der Waals surface area (Å²) in [7, 11) is 0. The fourth-order valence-corrected chi connectivity index (χ4v) is 5.89. The van der Waals surface area contributed by atoms with Crippen molar-refractivity contribution in [3.63, 3.8) is 0 Å². The molecule has 2 atom stereocenters. The number of anilines is 2. The van der Waals surface area contributed by atoms with E-state index in [4.69, 9.17) is 5.73 Å². The summed E-state index contributed by atoms with van der Waals surface area (Å²) in [5.74, 6) is -1.12. The molecule has 0 aromatic heterocycles. The van der Waals surface area contributed by atoms with Crippen molar-refractivity contribution in [2.24, 2.45) is 23.0 Å². The number of allylic oxidation sites excluding steroid dienone is 2. The summed E-state index contributed by atoms with van der Waals surface area (Å²) in [6, 6.07) is 15.6. The Labute approximate surface area is 232 Å². The maximum atomic E-state index is 13.7. The van der Waals surface area contributed by atoms with Gasteiger partial charge in [0, 0.05) is 24.5 Å². The molecule has 2 aromatic rings. The van der Waals surface area contributed by atoms with E-state index in [1.165, 1.54) is 0 Å². The normalized spacial score (nSPS) is 19.5. The lowest BCUT2D eigenvalue weighted by Crippen LogP contribution is -2.53. The van der Waals surface area contributed by atoms with Crippen molar-refractivity contribution in [1.29, 1.82) is 0 Å². The second kappa shape index (κ2) is 12.5. The van der Waals surface area contributed by atoms with Gasteiger partial charge in [0.25, 0.3) is 0 Å². The summed E-state index contributed by atoms with van der Waals surface area (Å²) >= 11 is 0. The molecular weight excluding hydrogens is 488 g/mol. The number of carbonyl (C=O) groups excluding carboxylic acids is 3. The highest BCUT2D eigenvalue weighted by atomic mass is 16.2. The summed E-state index contributed by atoms with van der Waals surface area (Å²) in [5, 5.41) is 6.53. The van der Waals surface area contributed by atoms with Gasteiger partial charge in [-0.2, -0.15) is 0 Å². The first-order chi connectivity index (χ1) is 18.7. The van der Waals surface area contributed by atoms with E-state index in [1.807, 2.05) is 67.3 Å². The van der Waals surface area contributed by atoms with Crippen LogP contribution in [0.5, 0.6) is 0 Å². The number of hydrogen-bond donors (Lipinski definition) is 3. The zero-order chi connectivity index (χ0) is 28.0. The first-order valence-corrected chi connectivity index (χ1v) is 14.2. The molecule has 0 bridgehead atoms. The third-order valence-electron chi connectivity index (χ3n) is 8.13. The smallest absolute Gasteiger partial charge is 0.245 e. The van der Waals surface area contributed by atoms with Crippen LogP contribution in [0.1, 0.15) is 63.5 Å². The van der Waals surface area contributed by atoms with Gasteiger partial charge >= 0.3 is 0 Å². The van der Waals surface area contributed by atoms with Crippen LogP contribution in [-0.4, -0.2) is 35.2 Å². The molecule has 1 aliphatic heterocycles. The SMILES string of the molecule is Cc1ccccc1Nc1cccc(CN2CCCC[C@H](NC(=O)[C@H](CC(C)C)C3(C(N)=O)CC=CC3)C2=O)c1. The Kier molecular flexibility index (Phi) is 9.10. The van der Waals surface area contributed by atoms with E-state index in [2.05, 4.69) is 29.7 Å². The Morgan fingerprint density at radius 1 is 1.08 bits per heavy atom. The molecule has 1 aliphatic carbocycles. The number of hydrogen-bond acceptors (Lipinski definition) is 4. The maximum absolute atomic E-state index is 13.7. The van der Waals surface area contributed by atoms with E-state index in [0.29, 0.717) is 38.8 Å². The van der Waals surface area contributed by atoms with Gasteiger partial charge in [-0.25, -0.2) is 0 Å². The second-order valence-corrected chi connectivity index (χ2v) is 11.5. The van der Waals surface area contributed by atoms with E-state index >= 15 is 0 Å². The number of rotatable bonds is 10. The minimum absolute atomic E-state index is 0.0703. The first-order valence-electron chi connectivity index (χ1n) is 14.2. The Balaban J connectivity index is 1.47. The molecule has 4 N–H and O–H groups in total. The van der Waals surface area contributed by atoms with Gasteiger partial charge in [-0.05, 0) is 80.7 Å². The molecule has 0 unspecified atom stereocenters. The van der Waals surface area contributed by atoms with Gasteiger partial charge in [-0.15, -0.1) is 0 Å². The van der Waals surface area contributed by atoms with Crippen molar-refractivity contribution in [1.82, 2.24) is 10.2 Å². The molecule has 2 aliphatic rings. The van der Waals surface area contributed by atoms with Gasteiger partial charge in [-0.3, -0.25) is 14.4 Å². The molecule has 3 amide bonds. The summed E-state index contributed by atoms with van der Waals surface area (Å²) < 4.78 is 0. The first kappa shape index (κ1) is 28.4. The average Bonchev–Trinajstić information content (AvgIpc) is 3.34. The molecule has 7 nitrogen and oxygen atoms in total. The molecule has 0 saturated carbocycles. The van der Waals surface area contributed by atoms with Crippen LogP contribution in [0.25, 0.3) is 0 Å². The van der Waals surface area contributed by atoms with Crippen molar-refractivity contribution >= 4 is 29.1 Å². The summed E-state index contributed by atoms with van der Waals surface area (Å²) in [6.07, 6.45) is 7.66. The topological polar surface area (TPSA) is 105 Å². The predicted molar refractivity (Wildman–Crippen MR) is 155 cm³/mol. The zero-order valence-corrected chi connectivity index (χ0v) is 23.4. The van der Waals surface area contributed by atoms with E-state index in [9.17, 15) is 14.4 Å². The van der Waals surface area contributed by atoms with Gasteiger partial charge in [0.15, 0.2) is 0 Å². The molecule has 0 radical (unpaired) electrons. The molecule has 208 valence electrons. The van der Waals surface area contributed by atoms with Crippen LogP contribution in [0.3, 0.4) is 0 Å². The molecule has 1 saturated heterocycles. The number of nitrogens with two attached hydrogens (primary N) is 1. The van der Waals surface area contributed by atoms with Crippen molar-refractivity contribution in [2.45, 2.75) is 71.9 Å². The molecular formula is C32H42N4O3. The zero-order valence-electron chi connectivity index (χ0n) is 23.4. The third-order valence-corrected chi connectivity index (χ3v) is 8.13. The summed E-state index contributed by atoms with van der Waals surface area (Å²) in [5.41, 5.74) is 9.14. The quantitative estimate of drug-likeness (QED) is 0.366. The monoisotopic (exact) mass is 530 g/mol. The minimum atomic E-state index is -0.924. The van der Waals surface area contributed by atoms with Crippen LogP contribution in [0, 0.1) is 24.2 Å². The molecule has 4 rings (SSSR count). The number of para-hydroxylation sites is 1. The van der Waals surface area contributed by atoms with E-state index in [0.717, 1.165) is 35.3 Å². The number of primary amides is 1. The maximum Gasteiger partial charge on any atom is 0.245 e. The largest absolute Gasteiger partial charge is 0.369 e. The molecule has 1 heterocycles. The number of nitrogens with zero attached hydrogens (tertiary/aromatic N) is 1. The van der Waals surface area contributed by atoms with Crippen LogP contribution in [0.4, 0.5) is 11.4 Å². The number of likely N-dealkylation sites (tertiary alicyclic amines) is 1. The fourth-order valence-electron chi connectivity index (χ4n) is 5.89. The number of aryl methyl sites for hydroxylation is 1. The van der Waals surface area contributed by atoms with Crippen LogP contribution >= 0.6 is 0 Å². The second-order valence-electron chi connectivity index (χ2n) is 11.5. The van der Waals surface area contributed by atoms with Gasteiger partial charge in [-0.1, -0.05) is 56.3 Å². The Morgan fingerprint density at radius 2 is 1.82 bits per heavy atom. The van der Waals surface area contributed by atoms with E-state index in [1.54, 1.807) is 0 Å². The van der Waals surface area contributed by atoms with Crippen molar-refractivity contribution in [3.8, 4) is 0 Å². The number of benzene rings is 2. The van der Waals surface area contributed by atoms with Crippen molar-refractivity contribution < 1.29 is 14.4 Å². The molecule has 0 spiro atoms. The predicted octanol–water partition coefficient (Wildman–Crippen LogP) is 5.22. The van der Waals surface area contributed by atoms with Crippen LogP contribution < -0.4 is 16.4 Å². The van der Waals surface area contributed by atoms with Crippen molar-refractivity contribution in [3.05, 3.63) is 71.8 Å². The lowest BCUT2D eigenvalue weighted by molar-refractivity contribution is -0.143. The third kappa shape index (κ3) is 6.70. The van der Waals surface area contributed by atoms with Gasteiger partial charge in [0.05, 0.1) is 11.3 Å². The fraction of sp³-hybridized carbons (Fsp3) is 0.469. The Morgan fingerprint density at radius 3 is 2.51 bits per heavy atom. The highest BCUT2D eigenvalue weighted by Crippen LogP contribution is 2.43. The molecule has 7 heteroatoms. The lowest BCUT2D eigenvalue weighted by Gasteiger charge is -2.36. The summed E-state index contributed by atoms with van der Waals surface area (Å²) in [4.78, 5) is 41.8. The number of nitrogens with one attached hydrogen (secondary N) is 2. The molecule has 2 aromatic carbocycles. The Bertz CT molecular complexity index is 1210. The van der Waals surface area contributed by atoms with Gasteiger partial charge < -0.3 is 21.3 Å². The lowest BCUT2D eigenvalue weighted by atomic mass is 9.69. The highest BCUT2D eigenvalue weighted by Gasteiger charge is 2.48. The van der Waals surface area contributed by atoms with E-state index in [-0.39, 0.29) is 17.7 Å². The van der Waals surface area contributed by atoms with Crippen molar-refractivity contribution in [2.75, 3.05) is 11.9 Å².